The van der Waals surface area contributed by atoms with Gasteiger partial charge in [0.25, 0.3) is 0 Å². The first kappa shape index (κ1) is 15.9. The van der Waals surface area contributed by atoms with E-state index in [-0.39, 0.29) is 5.91 Å². The van der Waals surface area contributed by atoms with Gasteiger partial charge in [0.05, 0.1) is 0 Å². The minimum absolute atomic E-state index is 0.206. The molecule has 0 fully saturated rings. The molecule has 0 aliphatic carbocycles. The van der Waals surface area contributed by atoms with Crippen molar-refractivity contribution < 1.29 is 14.7 Å². The molecule has 0 aliphatic heterocycles. The van der Waals surface area contributed by atoms with Gasteiger partial charge in [-0.15, -0.1) is 0 Å². The molecule has 1 amide bonds. The lowest BCUT2D eigenvalue weighted by atomic mass is 9.88. The zero-order valence-corrected chi connectivity index (χ0v) is 10.9. The fourth-order valence-electron chi connectivity index (χ4n) is 1.72. The third kappa shape index (κ3) is 6.94. The second-order valence-corrected chi connectivity index (χ2v) is 4.75. The maximum Gasteiger partial charge on any atom is 0.325 e. The van der Waals surface area contributed by atoms with Crippen molar-refractivity contribution >= 4 is 11.9 Å². The molecule has 0 saturated carbocycles. The predicted octanol–water partition coefficient (Wildman–Crippen LogP) is 0.977. The van der Waals surface area contributed by atoms with Crippen LogP contribution in [0, 0.1) is 11.8 Å². The summed E-state index contributed by atoms with van der Waals surface area (Å²) in [6.07, 6.45) is 2.02. The summed E-state index contributed by atoms with van der Waals surface area (Å²) in [7, 11) is 0. The Balaban J connectivity index is 4.00. The monoisotopic (exact) mass is 244 g/mol. The fraction of sp³-hybridized carbons (Fsp3) is 0.833. The van der Waals surface area contributed by atoms with Gasteiger partial charge in [-0.1, -0.05) is 13.8 Å². The Morgan fingerprint density at radius 2 is 1.82 bits per heavy atom. The number of nitrogens with one attached hydrogen (secondary N) is 1. The van der Waals surface area contributed by atoms with Gasteiger partial charge < -0.3 is 16.2 Å². The number of nitrogens with two attached hydrogens (primary N) is 1. The van der Waals surface area contributed by atoms with Gasteiger partial charge in [0.1, 0.15) is 6.04 Å². The topological polar surface area (TPSA) is 92.4 Å². The van der Waals surface area contributed by atoms with Crippen LogP contribution in [-0.2, 0) is 9.59 Å². The number of aliphatic carboxylic acids is 1. The lowest BCUT2D eigenvalue weighted by Gasteiger charge is -2.20. The van der Waals surface area contributed by atoms with E-state index in [2.05, 4.69) is 19.2 Å². The Hall–Kier alpha value is -1.10. The van der Waals surface area contributed by atoms with Crippen LogP contribution >= 0.6 is 0 Å². The molecule has 2 atom stereocenters. The van der Waals surface area contributed by atoms with E-state index in [1.807, 2.05) is 0 Å². The van der Waals surface area contributed by atoms with E-state index in [1.54, 1.807) is 0 Å². The Bertz CT molecular complexity index is 254. The first-order valence-corrected chi connectivity index (χ1v) is 6.10. The van der Waals surface area contributed by atoms with Crippen LogP contribution in [0.5, 0.6) is 0 Å². The number of carboxylic acid groups (broad SMARTS) is 1. The molecule has 4 N–H and O–H groups in total. The Morgan fingerprint density at radius 3 is 2.24 bits per heavy atom. The van der Waals surface area contributed by atoms with Crippen LogP contribution in [0.1, 0.15) is 40.0 Å². The first-order chi connectivity index (χ1) is 7.88. The largest absolute Gasteiger partial charge is 0.480 e. The normalized spacial score (nSPS) is 14.4. The lowest BCUT2D eigenvalue weighted by Crippen LogP contribution is -2.38. The van der Waals surface area contributed by atoms with Crippen molar-refractivity contribution in [3.05, 3.63) is 0 Å². The summed E-state index contributed by atoms with van der Waals surface area (Å²) in [5.74, 6) is -0.308. The van der Waals surface area contributed by atoms with E-state index >= 15 is 0 Å². The summed E-state index contributed by atoms with van der Waals surface area (Å²) >= 11 is 0. The third-order valence-electron chi connectivity index (χ3n) is 2.97. The molecule has 17 heavy (non-hydrogen) atoms. The highest BCUT2D eigenvalue weighted by molar-refractivity contribution is 5.83. The van der Waals surface area contributed by atoms with Crippen LogP contribution in [0.2, 0.25) is 0 Å². The standard InChI is InChI=1S/C12H24N2O3/c1-8(2)10(6-7-13)4-5-11(15)14-9(3)12(16)17/h8-10H,4-7,13H2,1-3H3,(H,14,15)(H,16,17). The molecule has 100 valence electrons. The average molecular weight is 244 g/mol. The molecular weight excluding hydrogens is 220 g/mol. The van der Waals surface area contributed by atoms with Gasteiger partial charge in [-0.3, -0.25) is 9.59 Å². The fourth-order valence-corrected chi connectivity index (χ4v) is 1.72. The number of hydrogen-bond acceptors (Lipinski definition) is 3. The van der Waals surface area contributed by atoms with Gasteiger partial charge >= 0.3 is 5.97 Å². The zero-order valence-electron chi connectivity index (χ0n) is 10.9. The van der Waals surface area contributed by atoms with Gasteiger partial charge in [-0.2, -0.15) is 0 Å². The maximum absolute atomic E-state index is 11.5. The minimum atomic E-state index is -1.01. The van der Waals surface area contributed by atoms with E-state index in [4.69, 9.17) is 10.8 Å². The van der Waals surface area contributed by atoms with Crippen molar-refractivity contribution in [2.24, 2.45) is 17.6 Å². The molecule has 0 saturated heterocycles. The zero-order chi connectivity index (χ0) is 13.4. The van der Waals surface area contributed by atoms with Crippen molar-refractivity contribution in [3.63, 3.8) is 0 Å². The lowest BCUT2D eigenvalue weighted by molar-refractivity contribution is -0.141. The predicted molar refractivity (Wildman–Crippen MR) is 66.5 cm³/mol. The molecule has 0 aromatic heterocycles. The molecule has 0 heterocycles. The molecule has 5 heteroatoms. The summed E-state index contributed by atoms with van der Waals surface area (Å²) < 4.78 is 0. The number of carbonyl (C=O) groups is 2. The molecule has 0 bridgehead atoms. The van der Waals surface area contributed by atoms with Crippen LogP contribution in [0.25, 0.3) is 0 Å². The summed E-state index contributed by atoms with van der Waals surface area (Å²) in [5, 5.41) is 11.1. The van der Waals surface area contributed by atoms with Crippen LogP contribution in [0.4, 0.5) is 0 Å². The second kappa shape index (κ2) is 8.06. The summed E-state index contributed by atoms with van der Waals surface area (Å²) in [6.45, 7) is 6.30. The number of rotatable bonds is 8. The summed E-state index contributed by atoms with van der Waals surface area (Å²) in [4.78, 5) is 22.0. The minimum Gasteiger partial charge on any atom is -0.480 e. The highest BCUT2D eigenvalue weighted by Gasteiger charge is 2.17. The van der Waals surface area contributed by atoms with Gasteiger partial charge in [0.15, 0.2) is 0 Å². The van der Waals surface area contributed by atoms with Gasteiger partial charge in [0.2, 0.25) is 5.91 Å². The van der Waals surface area contributed by atoms with Gasteiger partial charge in [-0.25, -0.2) is 0 Å². The van der Waals surface area contributed by atoms with Crippen molar-refractivity contribution in [1.82, 2.24) is 5.32 Å². The third-order valence-corrected chi connectivity index (χ3v) is 2.97. The quantitative estimate of drug-likeness (QED) is 0.593. The Morgan fingerprint density at radius 1 is 1.24 bits per heavy atom. The molecule has 0 spiro atoms. The average Bonchev–Trinajstić information content (AvgIpc) is 2.23. The summed E-state index contributed by atoms with van der Waals surface area (Å²) in [5.41, 5.74) is 5.52. The van der Waals surface area contributed by atoms with Gasteiger partial charge in [-0.05, 0) is 38.1 Å². The van der Waals surface area contributed by atoms with E-state index in [1.165, 1.54) is 6.92 Å². The number of hydrogen-bond donors (Lipinski definition) is 3. The molecule has 0 radical (unpaired) electrons. The molecule has 0 aromatic carbocycles. The van der Waals surface area contributed by atoms with E-state index in [9.17, 15) is 9.59 Å². The van der Waals surface area contributed by atoms with Crippen LogP contribution in [0.3, 0.4) is 0 Å². The molecule has 5 nitrogen and oxygen atoms in total. The van der Waals surface area contributed by atoms with Gasteiger partial charge in [0, 0.05) is 6.42 Å². The Kier molecular flexibility index (Phi) is 7.54. The highest BCUT2D eigenvalue weighted by atomic mass is 16.4. The SMILES string of the molecule is CC(NC(=O)CCC(CCN)C(C)C)C(=O)O. The van der Waals surface area contributed by atoms with Crippen molar-refractivity contribution in [1.29, 1.82) is 0 Å². The van der Waals surface area contributed by atoms with E-state index < -0.39 is 12.0 Å². The molecule has 0 aromatic rings. The number of carbonyl (C=O) groups excluding carboxylic acids is 1. The van der Waals surface area contributed by atoms with Crippen LogP contribution in [-0.4, -0.2) is 29.6 Å². The maximum atomic E-state index is 11.5. The smallest absolute Gasteiger partial charge is 0.325 e. The molecule has 2 unspecified atom stereocenters. The van der Waals surface area contributed by atoms with Crippen molar-refractivity contribution in [3.8, 4) is 0 Å². The number of amides is 1. The summed E-state index contributed by atoms with van der Waals surface area (Å²) in [6, 6.07) is -0.825. The van der Waals surface area contributed by atoms with Crippen molar-refractivity contribution in [2.75, 3.05) is 6.54 Å². The van der Waals surface area contributed by atoms with Crippen LogP contribution in [0.15, 0.2) is 0 Å². The molecular formula is C12H24N2O3. The van der Waals surface area contributed by atoms with Crippen LogP contribution < -0.4 is 11.1 Å². The van der Waals surface area contributed by atoms with E-state index in [0.29, 0.717) is 24.8 Å². The number of carboxylic acids is 1. The first-order valence-electron chi connectivity index (χ1n) is 6.10. The molecule has 0 rings (SSSR count). The Labute approximate surface area is 103 Å². The highest BCUT2D eigenvalue weighted by Crippen LogP contribution is 2.20. The second-order valence-electron chi connectivity index (χ2n) is 4.75. The molecule has 0 aliphatic rings. The van der Waals surface area contributed by atoms with E-state index in [0.717, 1.165) is 12.8 Å². The van der Waals surface area contributed by atoms with Crippen molar-refractivity contribution in [2.45, 2.75) is 46.1 Å².